The number of nitrogens with zero attached hydrogens (tertiary/aromatic N) is 1. The maximum Gasteiger partial charge on any atom is 0.319 e. The van der Waals surface area contributed by atoms with Gasteiger partial charge in [0.1, 0.15) is 0 Å². The van der Waals surface area contributed by atoms with Crippen molar-refractivity contribution in [2.75, 3.05) is 10.2 Å². The topological polar surface area (TPSA) is 78.5 Å². The van der Waals surface area contributed by atoms with Crippen LogP contribution in [0.15, 0.2) is 18.2 Å². The molecule has 1 aliphatic heterocycles. The van der Waals surface area contributed by atoms with Crippen molar-refractivity contribution in [3.05, 3.63) is 23.8 Å². The Morgan fingerprint density at radius 3 is 2.50 bits per heavy atom. The van der Waals surface area contributed by atoms with Crippen molar-refractivity contribution in [1.82, 2.24) is 5.32 Å². The Labute approximate surface area is 141 Å². The van der Waals surface area contributed by atoms with E-state index in [1.54, 1.807) is 18.2 Å². The number of anilines is 2. The van der Waals surface area contributed by atoms with Crippen molar-refractivity contribution in [1.29, 1.82) is 0 Å². The van der Waals surface area contributed by atoms with Gasteiger partial charge in [-0.15, -0.1) is 0 Å². The first-order valence-corrected chi connectivity index (χ1v) is 8.50. The molecule has 128 valence electrons. The zero-order valence-corrected chi connectivity index (χ0v) is 14.1. The Morgan fingerprint density at radius 1 is 1.17 bits per heavy atom. The fourth-order valence-corrected chi connectivity index (χ4v) is 3.53. The third-order valence-corrected chi connectivity index (χ3v) is 5.02. The lowest BCUT2D eigenvalue weighted by Crippen LogP contribution is -2.39. The second-order valence-corrected chi connectivity index (χ2v) is 6.69. The summed E-state index contributed by atoms with van der Waals surface area (Å²) in [5.41, 5.74) is 1.88. The van der Waals surface area contributed by atoms with Crippen LogP contribution in [0.25, 0.3) is 0 Å². The molecule has 1 aromatic rings. The fraction of sp³-hybridized carbons (Fsp3) is 0.500. The average Bonchev–Trinajstić information content (AvgIpc) is 3.08. The zero-order valence-electron chi connectivity index (χ0n) is 14.1. The number of hydrogen-bond acceptors (Lipinski definition) is 3. The minimum absolute atomic E-state index is 0.190. The Balaban J connectivity index is 1.74. The number of imide groups is 1. The van der Waals surface area contributed by atoms with Gasteiger partial charge in [-0.1, -0.05) is 19.4 Å². The fourth-order valence-electron chi connectivity index (χ4n) is 3.53. The minimum Gasteiger partial charge on any atom is -0.335 e. The molecule has 1 heterocycles. The third-order valence-electron chi connectivity index (χ3n) is 5.02. The number of rotatable bonds is 3. The number of benzene rings is 1. The van der Waals surface area contributed by atoms with E-state index in [-0.39, 0.29) is 36.7 Å². The number of carbonyl (C=O) groups is 3. The number of carbonyl (C=O) groups excluding carboxylic acids is 3. The van der Waals surface area contributed by atoms with E-state index >= 15 is 0 Å². The maximum absolute atomic E-state index is 12.3. The van der Waals surface area contributed by atoms with Crippen LogP contribution in [-0.2, 0) is 9.59 Å². The predicted molar refractivity (Wildman–Crippen MR) is 91.9 cm³/mol. The van der Waals surface area contributed by atoms with E-state index in [1.807, 2.05) is 6.92 Å². The van der Waals surface area contributed by atoms with Crippen LogP contribution < -0.4 is 15.5 Å². The molecule has 0 radical (unpaired) electrons. The lowest BCUT2D eigenvalue weighted by atomic mass is 10.1. The molecule has 6 heteroatoms. The Bertz CT molecular complexity index is 670. The van der Waals surface area contributed by atoms with E-state index in [1.165, 1.54) is 4.90 Å². The van der Waals surface area contributed by atoms with E-state index in [0.29, 0.717) is 17.3 Å². The number of urea groups is 1. The molecule has 0 bridgehead atoms. The van der Waals surface area contributed by atoms with Gasteiger partial charge in [0.15, 0.2) is 0 Å². The highest BCUT2D eigenvalue weighted by atomic mass is 16.2. The highest BCUT2D eigenvalue weighted by Crippen LogP contribution is 2.31. The van der Waals surface area contributed by atoms with Gasteiger partial charge in [-0.25, -0.2) is 4.79 Å². The molecule has 3 rings (SSSR count). The van der Waals surface area contributed by atoms with Gasteiger partial charge in [0.05, 0.1) is 5.69 Å². The first-order valence-electron chi connectivity index (χ1n) is 8.50. The summed E-state index contributed by atoms with van der Waals surface area (Å²) in [4.78, 5) is 37.4. The SMILES string of the molecule is Cc1c(NC(=O)N[C@@H]2CCC[C@@H]2C)cccc1N1C(=O)CCC1=O. The number of amides is 4. The first kappa shape index (κ1) is 16.5. The van der Waals surface area contributed by atoms with Gasteiger partial charge in [0.2, 0.25) is 11.8 Å². The van der Waals surface area contributed by atoms with Crippen molar-refractivity contribution < 1.29 is 14.4 Å². The quantitative estimate of drug-likeness (QED) is 0.837. The molecule has 1 aromatic carbocycles. The summed E-state index contributed by atoms with van der Waals surface area (Å²) in [7, 11) is 0. The van der Waals surface area contributed by atoms with Gasteiger partial charge < -0.3 is 10.6 Å². The van der Waals surface area contributed by atoms with E-state index in [2.05, 4.69) is 17.6 Å². The molecule has 1 saturated heterocycles. The molecular formula is C18H23N3O3. The summed E-state index contributed by atoms with van der Waals surface area (Å²) in [5, 5.41) is 5.87. The van der Waals surface area contributed by atoms with Crippen LogP contribution in [0.3, 0.4) is 0 Å². The highest BCUT2D eigenvalue weighted by molar-refractivity contribution is 6.20. The number of nitrogens with one attached hydrogen (secondary N) is 2. The van der Waals surface area contributed by atoms with Crippen LogP contribution in [0.4, 0.5) is 16.2 Å². The average molecular weight is 329 g/mol. The normalized spacial score (nSPS) is 23.7. The first-order chi connectivity index (χ1) is 11.5. The number of hydrogen-bond donors (Lipinski definition) is 2. The van der Waals surface area contributed by atoms with Crippen molar-refractivity contribution in [2.45, 2.75) is 52.0 Å². The summed E-state index contributed by atoms with van der Waals surface area (Å²) in [5.74, 6) is 0.108. The van der Waals surface area contributed by atoms with E-state index in [9.17, 15) is 14.4 Å². The zero-order chi connectivity index (χ0) is 17.3. The molecule has 2 N–H and O–H groups in total. The van der Waals surface area contributed by atoms with Gasteiger partial charge in [-0.3, -0.25) is 14.5 Å². The summed E-state index contributed by atoms with van der Waals surface area (Å²) in [6, 6.07) is 5.22. The Morgan fingerprint density at radius 2 is 1.88 bits per heavy atom. The van der Waals surface area contributed by atoms with E-state index in [4.69, 9.17) is 0 Å². The van der Waals surface area contributed by atoms with Gasteiger partial charge in [0.25, 0.3) is 0 Å². The van der Waals surface area contributed by atoms with Crippen molar-refractivity contribution in [3.8, 4) is 0 Å². The summed E-state index contributed by atoms with van der Waals surface area (Å²) in [6.07, 6.45) is 3.77. The summed E-state index contributed by atoms with van der Waals surface area (Å²) >= 11 is 0. The monoisotopic (exact) mass is 329 g/mol. The molecule has 0 spiro atoms. The molecule has 24 heavy (non-hydrogen) atoms. The predicted octanol–water partition coefficient (Wildman–Crippen LogP) is 2.96. The molecule has 0 aromatic heterocycles. The lowest BCUT2D eigenvalue weighted by molar-refractivity contribution is -0.121. The van der Waals surface area contributed by atoms with Crippen molar-refractivity contribution in [2.24, 2.45) is 5.92 Å². The Hall–Kier alpha value is -2.37. The van der Waals surface area contributed by atoms with Gasteiger partial charge in [0, 0.05) is 24.6 Å². The van der Waals surface area contributed by atoms with Crippen LogP contribution in [0.5, 0.6) is 0 Å². The lowest BCUT2D eigenvalue weighted by Gasteiger charge is -2.21. The third kappa shape index (κ3) is 3.13. The molecule has 1 aliphatic carbocycles. The summed E-state index contributed by atoms with van der Waals surface area (Å²) < 4.78 is 0. The smallest absolute Gasteiger partial charge is 0.319 e. The molecule has 1 saturated carbocycles. The minimum atomic E-state index is -0.243. The van der Waals surface area contributed by atoms with Crippen LogP contribution in [0, 0.1) is 12.8 Å². The van der Waals surface area contributed by atoms with E-state index in [0.717, 1.165) is 24.8 Å². The molecule has 4 amide bonds. The van der Waals surface area contributed by atoms with Crippen molar-refractivity contribution >= 4 is 29.2 Å². The van der Waals surface area contributed by atoms with Crippen molar-refractivity contribution in [3.63, 3.8) is 0 Å². The van der Waals surface area contributed by atoms with Crippen LogP contribution in [0.1, 0.15) is 44.6 Å². The molecule has 2 fully saturated rings. The standard InChI is InChI=1S/C18H23N3O3/c1-11-5-3-6-13(11)19-18(24)20-14-7-4-8-15(12(14)2)21-16(22)9-10-17(21)23/h4,7-8,11,13H,3,5-6,9-10H2,1-2H3,(H2,19,20,24)/t11-,13+/m0/s1. The summed E-state index contributed by atoms with van der Waals surface area (Å²) in [6.45, 7) is 3.95. The van der Waals surface area contributed by atoms with Gasteiger partial charge >= 0.3 is 6.03 Å². The Kier molecular flexibility index (Phi) is 4.55. The van der Waals surface area contributed by atoms with Gasteiger partial charge in [-0.05, 0) is 43.4 Å². The van der Waals surface area contributed by atoms with Crippen LogP contribution in [0.2, 0.25) is 0 Å². The second-order valence-electron chi connectivity index (χ2n) is 6.69. The van der Waals surface area contributed by atoms with Crippen LogP contribution in [-0.4, -0.2) is 23.9 Å². The molecular weight excluding hydrogens is 306 g/mol. The highest BCUT2D eigenvalue weighted by Gasteiger charge is 2.32. The molecule has 2 aliphatic rings. The van der Waals surface area contributed by atoms with Crippen LogP contribution >= 0.6 is 0 Å². The molecule has 0 unspecified atom stereocenters. The maximum atomic E-state index is 12.3. The second kappa shape index (κ2) is 6.63. The molecule has 2 atom stereocenters. The molecule has 6 nitrogen and oxygen atoms in total. The van der Waals surface area contributed by atoms with Gasteiger partial charge in [-0.2, -0.15) is 0 Å². The van der Waals surface area contributed by atoms with E-state index < -0.39 is 0 Å². The largest absolute Gasteiger partial charge is 0.335 e.